The van der Waals surface area contributed by atoms with Gasteiger partial charge < -0.3 is 4.84 Å². The molecule has 88 valence electrons. The molecule has 0 saturated heterocycles. The molecule has 16 heavy (non-hydrogen) atoms. The molecular weight excluding hydrogens is 198 g/mol. The summed E-state index contributed by atoms with van der Waals surface area (Å²) < 4.78 is 0. The highest BCUT2D eigenvalue weighted by molar-refractivity contribution is 5.98. The Morgan fingerprint density at radius 3 is 2.62 bits per heavy atom. The first-order valence-electron chi connectivity index (χ1n) is 5.89. The lowest BCUT2D eigenvalue weighted by atomic mass is 10.0. The molecule has 0 fully saturated rings. The van der Waals surface area contributed by atoms with Crippen molar-refractivity contribution in [1.82, 2.24) is 0 Å². The zero-order chi connectivity index (χ0) is 12.0. The van der Waals surface area contributed by atoms with E-state index in [-0.39, 0.29) is 0 Å². The Kier molecular flexibility index (Phi) is 5.03. The van der Waals surface area contributed by atoms with Crippen molar-refractivity contribution in [1.29, 1.82) is 0 Å². The van der Waals surface area contributed by atoms with Crippen LogP contribution >= 0.6 is 0 Å². The summed E-state index contributed by atoms with van der Waals surface area (Å²) in [7, 11) is 0. The summed E-state index contributed by atoms with van der Waals surface area (Å²) in [5.74, 6) is 0. The smallest absolute Gasteiger partial charge is 0.117 e. The van der Waals surface area contributed by atoms with Gasteiger partial charge in [0.2, 0.25) is 0 Å². The highest BCUT2D eigenvalue weighted by Gasteiger charge is 2.00. The fraction of sp³-hybridized carbons (Fsp3) is 0.500. The van der Waals surface area contributed by atoms with Gasteiger partial charge in [0.05, 0.1) is 5.71 Å². The third kappa shape index (κ3) is 3.69. The lowest BCUT2D eigenvalue weighted by Crippen LogP contribution is -1.98. The Bertz CT molecular complexity index is 369. The molecule has 0 amide bonds. The Balaban J connectivity index is 2.64. The van der Waals surface area contributed by atoms with E-state index >= 15 is 0 Å². The van der Waals surface area contributed by atoms with Crippen LogP contribution in [-0.2, 0) is 4.84 Å². The molecule has 0 N–H and O–H groups in total. The van der Waals surface area contributed by atoms with E-state index in [4.69, 9.17) is 4.84 Å². The van der Waals surface area contributed by atoms with Crippen molar-refractivity contribution in [2.24, 2.45) is 5.16 Å². The number of unbranched alkanes of at least 4 members (excludes halogenated alkanes) is 1. The standard InChI is InChI=1S/C14H21NO/c1-5-6-9-16-15-13(4)14-8-7-11(2)12(3)10-14/h7-8,10H,5-6,9H2,1-4H3. The number of rotatable bonds is 5. The number of oxime groups is 1. The first-order valence-corrected chi connectivity index (χ1v) is 5.89. The van der Waals surface area contributed by atoms with E-state index in [2.05, 4.69) is 44.1 Å². The van der Waals surface area contributed by atoms with Crippen molar-refractivity contribution >= 4 is 5.71 Å². The molecule has 0 bridgehead atoms. The number of hydrogen-bond acceptors (Lipinski definition) is 2. The van der Waals surface area contributed by atoms with Crippen molar-refractivity contribution < 1.29 is 4.84 Å². The van der Waals surface area contributed by atoms with Crippen LogP contribution in [0.25, 0.3) is 0 Å². The number of nitrogens with zero attached hydrogens (tertiary/aromatic N) is 1. The van der Waals surface area contributed by atoms with Gasteiger partial charge in [-0.25, -0.2) is 0 Å². The van der Waals surface area contributed by atoms with Crippen molar-refractivity contribution in [2.45, 2.75) is 40.5 Å². The van der Waals surface area contributed by atoms with Crippen LogP contribution in [0.15, 0.2) is 23.4 Å². The molecule has 1 aromatic carbocycles. The van der Waals surface area contributed by atoms with Crippen LogP contribution in [0.1, 0.15) is 43.4 Å². The molecule has 0 aromatic heterocycles. The summed E-state index contributed by atoms with van der Waals surface area (Å²) in [6.07, 6.45) is 2.20. The number of benzene rings is 1. The van der Waals surface area contributed by atoms with Gasteiger partial charge in [0.25, 0.3) is 0 Å². The SMILES string of the molecule is CCCCON=C(C)c1ccc(C)c(C)c1. The van der Waals surface area contributed by atoms with Crippen molar-refractivity contribution in [3.05, 3.63) is 34.9 Å². The summed E-state index contributed by atoms with van der Waals surface area (Å²) in [5.41, 5.74) is 4.68. The van der Waals surface area contributed by atoms with E-state index in [1.54, 1.807) is 0 Å². The minimum atomic E-state index is 0.707. The van der Waals surface area contributed by atoms with Crippen LogP contribution < -0.4 is 0 Å². The molecule has 0 aliphatic rings. The van der Waals surface area contributed by atoms with Crippen molar-refractivity contribution in [3.8, 4) is 0 Å². The minimum absolute atomic E-state index is 0.707. The van der Waals surface area contributed by atoms with Crippen LogP contribution in [0.5, 0.6) is 0 Å². The molecule has 0 heterocycles. The minimum Gasteiger partial charge on any atom is -0.396 e. The average molecular weight is 219 g/mol. The first-order chi connectivity index (χ1) is 7.65. The summed E-state index contributed by atoms with van der Waals surface area (Å²) in [6.45, 7) is 9.06. The van der Waals surface area contributed by atoms with Crippen LogP contribution in [0, 0.1) is 13.8 Å². The van der Waals surface area contributed by atoms with E-state index in [1.807, 2.05) is 6.92 Å². The summed E-state index contributed by atoms with van der Waals surface area (Å²) in [5, 5.41) is 4.12. The molecule has 0 unspecified atom stereocenters. The van der Waals surface area contributed by atoms with Gasteiger partial charge in [-0.2, -0.15) is 0 Å². The predicted octanol–water partition coefficient (Wildman–Crippen LogP) is 3.84. The zero-order valence-corrected chi connectivity index (χ0v) is 10.7. The quantitative estimate of drug-likeness (QED) is 0.419. The third-order valence-corrected chi connectivity index (χ3v) is 2.72. The third-order valence-electron chi connectivity index (χ3n) is 2.72. The molecule has 0 radical (unpaired) electrons. The molecule has 0 aliphatic heterocycles. The lowest BCUT2D eigenvalue weighted by molar-refractivity contribution is 0.141. The van der Waals surface area contributed by atoms with Crippen LogP contribution in [0.3, 0.4) is 0 Å². The summed E-state index contributed by atoms with van der Waals surface area (Å²) >= 11 is 0. The van der Waals surface area contributed by atoms with E-state index < -0.39 is 0 Å². The van der Waals surface area contributed by atoms with E-state index in [0.29, 0.717) is 6.61 Å². The molecule has 2 heteroatoms. The van der Waals surface area contributed by atoms with Crippen molar-refractivity contribution in [2.75, 3.05) is 6.61 Å². The van der Waals surface area contributed by atoms with Crippen LogP contribution in [0.4, 0.5) is 0 Å². The molecule has 1 aromatic rings. The molecule has 2 nitrogen and oxygen atoms in total. The Hall–Kier alpha value is -1.31. The molecule has 0 atom stereocenters. The maximum absolute atomic E-state index is 5.25. The number of hydrogen-bond donors (Lipinski definition) is 0. The van der Waals surface area contributed by atoms with Gasteiger partial charge in [0, 0.05) is 0 Å². The largest absolute Gasteiger partial charge is 0.396 e. The van der Waals surface area contributed by atoms with Crippen LogP contribution in [0.2, 0.25) is 0 Å². The normalized spacial score (nSPS) is 11.6. The van der Waals surface area contributed by atoms with E-state index in [9.17, 15) is 0 Å². The molecule has 1 rings (SSSR count). The Morgan fingerprint density at radius 2 is 2.00 bits per heavy atom. The van der Waals surface area contributed by atoms with Gasteiger partial charge in [0.15, 0.2) is 0 Å². The second kappa shape index (κ2) is 6.31. The molecular formula is C14H21NO. The topological polar surface area (TPSA) is 21.6 Å². The number of aryl methyl sites for hydroxylation is 2. The second-order valence-corrected chi connectivity index (χ2v) is 4.16. The van der Waals surface area contributed by atoms with Gasteiger partial charge >= 0.3 is 0 Å². The van der Waals surface area contributed by atoms with Gasteiger partial charge in [-0.3, -0.25) is 0 Å². The maximum atomic E-state index is 5.25. The van der Waals surface area contributed by atoms with Gasteiger partial charge in [-0.05, 0) is 49.9 Å². The van der Waals surface area contributed by atoms with Gasteiger partial charge in [0.1, 0.15) is 6.61 Å². The fourth-order valence-electron chi connectivity index (χ4n) is 1.37. The van der Waals surface area contributed by atoms with Gasteiger partial charge in [-0.15, -0.1) is 0 Å². The summed E-state index contributed by atoms with van der Waals surface area (Å²) in [4.78, 5) is 5.25. The highest BCUT2D eigenvalue weighted by Crippen LogP contribution is 2.10. The first kappa shape index (κ1) is 12.8. The summed E-state index contributed by atoms with van der Waals surface area (Å²) in [6, 6.07) is 6.36. The highest BCUT2D eigenvalue weighted by atomic mass is 16.6. The zero-order valence-electron chi connectivity index (χ0n) is 10.7. The van der Waals surface area contributed by atoms with E-state index in [1.165, 1.54) is 11.1 Å². The van der Waals surface area contributed by atoms with Crippen LogP contribution in [-0.4, -0.2) is 12.3 Å². The fourth-order valence-corrected chi connectivity index (χ4v) is 1.37. The van der Waals surface area contributed by atoms with E-state index in [0.717, 1.165) is 24.1 Å². The average Bonchev–Trinajstić information content (AvgIpc) is 2.28. The maximum Gasteiger partial charge on any atom is 0.117 e. The second-order valence-electron chi connectivity index (χ2n) is 4.16. The van der Waals surface area contributed by atoms with Gasteiger partial charge in [-0.1, -0.05) is 30.6 Å². The Morgan fingerprint density at radius 1 is 1.25 bits per heavy atom. The Labute approximate surface area is 98.3 Å². The molecule has 0 aliphatic carbocycles. The predicted molar refractivity (Wildman–Crippen MR) is 69.0 cm³/mol. The molecule has 0 spiro atoms. The lowest BCUT2D eigenvalue weighted by Gasteiger charge is -2.05. The molecule has 0 saturated carbocycles. The monoisotopic (exact) mass is 219 g/mol. The van der Waals surface area contributed by atoms with Crippen molar-refractivity contribution in [3.63, 3.8) is 0 Å².